The Morgan fingerprint density at radius 3 is 3.12 bits per heavy atom. The lowest BCUT2D eigenvalue weighted by Gasteiger charge is -2.10. The molecule has 88 valence electrons. The standard InChI is InChI=1S/C13H14N2O2/c1-8-6-10-7-9(2-3-12(10)17-8)13(16)11-4-5-14-15-11/h2-5,7-8,13,16H,6H2,1H3,(H,14,15). The van der Waals surface area contributed by atoms with Crippen molar-refractivity contribution in [2.45, 2.75) is 25.6 Å². The van der Waals surface area contributed by atoms with Crippen molar-refractivity contribution in [3.8, 4) is 5.75 Å². The van der Waals surface area contributed by atoms with Crippen LogP contribution in [0.25, 0.3) is 0 Å². The molecule has 1 aromatic heterocycles. The van der Waals surface area contributed by atoms with Crippen molar-refractivity contribution < 1.29 is 9.84 Å². The van der Waals surface area contributed by atoms with Crippen molar-refractivity contribution in [3.63, 3.8) is 0 Å². The lowest BCUT2D eigenvalue weighted by Crippen LogP contribution is -2.05. The fourth-order valence-corrected chi connectivity index (χ4v) is 2.21. The molecule has 2 atom stereocenters. The van der Waals surface area contributed by atoms with Crippen LogP contribution in [0.2, 0.25) is 0 Å². The van der Waals surface area contributed by atoms with Crippen molar-refractivity contribution in [1.82, 2.24) is 10.2 Å². The number of H-pyrrole nitrogens is 1. The summed E-state index contributed by atoms with van der Waals surface area (Å²) in [5, 5.41) is 16.8. The van der Waals surface area contributed by atoms with Crippen LogP contribution in [0.5, 0.6) is 5.75 Å². The molecule has 1 aromatic carbocycles. The van der Waals surface area contributed by atoms with Crippen molar-refractivity contribution in [1.29, 1.82) is 0 Å². The number of aliphatic hydroxyl groups excluding tert-OH is 1. The van der Waals surface area contributed by atoms with E-state index in [1.807, 2.05) is 25.1 Å². The fourth-order valence-electron chi connectivity index (χ4n) is 2.21. The van der Waals surface area contributed by atoms with E-state index in [1.54, 1.807) is 12.3 Å². The number of aliphatic hydroxyl groups is 1. The number of rotatable bonds is 2. The summed E-state index contributed by atoms with van der Waals surface area (Å²) in [6.07, 6.45) is 2.11. The maximum Gasteiger partial charge on any atom is 0.123 e. The van der Waals surface area contributed by atoms with Crippen molar-refractivity contribution in [2.75, 3.05) is 0 Å². The molecule has 0 bridgehead atoms. The van der Waals surface area contributed by atoms with Gasteiger partial charge < -0.3 is 9.84 Å². The zero-order valence-corrected chi connectivity index (χ0v) is 9.55. The largest absolute Gasteiger partial charge is 0.490 e. The van der Waals surface area contributed by atoms with Gasteiger partial charge in [0.1, 0.15) is 18.0 Å². The van der Waals surface area contributed by atoms with E-state index in [0.717, 1.165) is 23.3 Å². The number of nitrogens with one attached hydrogen (secondary N) is 1. The van der Waals surface area contributed by atoms with Gasteiger partial charge in [0.25, 0.3) is 0 Å². The molecule has 0 fully saturated rings. The highest BCUT2D eigenvalue weighted by Gasteiger charge is 2.21. The Balaban J connectivity index is 1.93. The Hall–Kier alpha value is -1.81. The third kappa shape index (κ3) is 1.80. The SMILES string of the molecule is CC1Cc2cc(C(O)c3ccn[nH]3)ccc2O1. The van der Waals surface area contributed by atoms with E-state index < -0.39 is 6.10 Å². The molecular weight excluding hydrogens is 216 g/mol. The molecular formula is C13H14N2O2. The molecule has 2 aromatic rings. The highest BCUT2D eigenvalue weighted by molar-refractivity contribution is 5.42. The van der Waals surface area contributed by atoms with Crippen LogP contribution < -0.4 is 4.74 Å². The number of nitrogens with zero attached hydrogens (tertiary/aromatic N) is 1. The first-order chi connectivity index (χ1) is 8.24. The summed E-state index contributed by atoms with van der Waals surface area (Å²) in [4.78, 5) is 0. The third-order valence-electron chi connectivity index (χ3n) is 3.05. The van der Waals surface area contributed by atoms with Gasteiger partial charge in [-0.2, -0.15) is 5.10 Å². The van der Waals surface area contributed by atoms with Crippen molar-refractivity contribution in [2.24, 2.45) is 0 Å². The smallest absolute Gasteiger partial charge is 0.123 e. The fraction of sp³-hybridized carbons (Fsp3) is 0.308. The van der Waals surface area contributed by atoms with Gasteiger partial charge in [-0.1, -0.05) is 6.07 Å². The van der Waals surface area contributed by atoms with E-state index in [0.29, 0.717) is 5.69 Å². The number of aromatic nitrogens is 2. The van der Waals surface area contributed by atoms with Crippen LogP contribution in [0.3, 0.4) is 0 Å². The maximum absolute atomic E-state index is 10.2. The number of ether oxygens (including phenoxy) is 1. The average molecular weight is 230 g/mol. The number of fused-ring (bicyclic) bond motifs is 1. The topological polar surface area (TPSA) is 58.1 Å². The van der Waals surface area contributed by atoms with Crippen LogP contribution in [0, 0.1) is 0 Å². The highest BCUT2D eigenvalue weighted by Crippen LogP contribution is 2.32. The predicted octanol–water partition coefficient (Wildman–Crippen LogP) is 1.81. The first-order valence-electron chi connectivity index (χ1n) is 5.71. The molecule has 3 rings (SSSR count). The second-order valence-corrected chi connectivity index (χ2v) is 4.41. The summed E-state index contributed by atoms with van der Waals surface area (Å²) in [5.74, 6) is 0.929. The Labute approximate surface area is 99.2 Å². The third-order valence-corrected chi connectivity index (χ3v) is 3.05. The van der Waals surface area contributed by atoms with Gasteiger partial charge in [-0.05, 0) is 36.2 Å². The van der Waals surface area contributed by atoms with E-state index in [1.165, 1.54) is 0 Å². The molecule has 0 amide bonds. The number of hydrogen-bond donors (Lipinski definition) is 2. The Morgan fingerprint density at radius 1 is 1.47 bits per heavy atom. The van der Waals surface area contributed by atoms with Crippen molar-refractivity contribution in [3.05, 3.63) is 47.3 Å². The summed E-state index contributed by atoms with van der Waals surface area (Å²) in [7, 11) is 0. The zero-order chi connectivity index (χ0) is 11.8. The first kappa shape index (κ1) is 10.4. The van der Waals surface area contributed by atoms with Gasteiger partial charge in [0.2, 0.25) is 0 Å². The summed E-state index contributed by atoms with van der Waals surface area (Å²) in [6.45, 7) is 2.05. The summed E-state index contributed by atoms with van der Waals surface area (Å²) < 4.78 is 5.63. The van der Waals surface area contributed by atoms with Gasteiger partial charge in [0, 0.05) is 12.6 Å². The maximum atomic E-state index is 10.2. The lowest BCUT2D eigenvalue weighted by atomic mass is 10.0. The quantitative estimate of drug-likeness (QED) is 0.827. The molecule has 1 aliphatic heterocycles. The number of aromatic amines is 1. The second kappa shape index (κ2) is 3.89. The Morgan fingerprint density at radius 2 is 2.35 bits per heavy atom. The molecule has 4 nitrogen and oxygen atoms in total. The van der Waals surface area contributed by atoms with Crippen LogP contribution in [0.1, 0.15) is 29.8 Å². The van der Waals surface area contributed by atoms with E-state index >= 15 is 0 Å². The molecule has 0 saturated heterocycles. The summed E-state index contributed by atoms with van der Waals surface area (Å²) in [5.41, 5.74) is 2.73. The molecule has 4 heteroatoms. The first-order valence-corrected chi connectivity index (χ1v) is 5.71. The monoisotopic (exact) mass is 230 g/mol. The van der Waals surface area contributed by atoms with Crippen LogP contribution >= 0.6 is 0 Å². The predicted molar refractivity (Wildman–Crippen MR) is 62.9 cm³/mol. The van der Waals surface area contributed by atoms with E-state index in [4.69, 9.17) is 4.74 Å². The molecule has 2 heterocycles. The van der Waals surface area contributed by atoms with E-state index in [2.05, 4.69) is 10.2 Å². The molecule has 0 saturated carbocycles. The molecule has 0 spiro atoms. The van der Waals surface area contributed by atoms with Crippen LogP contribution in [-0.4, -0.2) is 21.4 Å². The minimum atomic E-state index is -0.654. The zero-order valence-electron chi connectivity index (χ0n) is 9.55. The molecule has 0 radical (unpaired) electrons. The van der Waals surface area contributed by atoms with Crippen molar-refractivity contribution >= 4 is 0 Å². The summed E-state index contributed by atoms with van der Waals surface area (Å²) >= 11 is 0. The molecule has 2 N–H and O–H groups in total. The molecule has 1 aliphatic rings. The van der Waals surface area contributed by atoms with E-state index in [9.17, 15) is 5.11 Å². The average Bonchev–Trinajstić information content (AvgIpc) is 2.94. The second-order valence-electron chi connectivity index (χ2n) is 4.41. The number of hydrogen-bond acceptors (Lipinski definition) is 3. The van der Waals surface area contributed by atoms with Gasteiger partial charge in [0.15, 0.2) is 0 Å². The Bertz CT molecular complexity index is 522. The van der Waals surface area contributed by atoms with Gasteiger partial charge in [0.05, 0.1) is 5.69 Å². The van der Waals surface area contributed by atoms with Gasteiger partial charge >= 0.3 is 0 Å². The van der Waals surface area contributed by atoms with Gasteiger partial charge in [-0.15, -0.1) is 0 Å². The molecule has 2 unspecified atom stereocenters. The molecule has 17 heavy (non-hydrogen) atoms. The summed E-state index contributed by atoms with van der Waals surface area (Å²) in [6, 6.07) is 7.59. The number of benzene rings is 1. The lowest BCUT2D eigenvalue weighted by molar-refractivity contribution is 0.215. The van der Waals surface area contributed by atoms with E-state index in [-0.39, 0.29) is 6.10 Å². The minimum Gasteiger partial charge on any atom is -0.490 e. The van der Waals surface area contributed by atoms with Gasteiger partial charge in [-0.25, -0.2) is 0 Å². The molecule has 0 aliphatic carbocycles. The highest BCUT2D eigenvalue weighted by atomic mass is 16.5. The Kier molecular flexibility index (Phi) is 2.37. The van der Waals surface area contributed by atoms with Crippen LogP contribution in [0.15, 0.2) is 30.5 Å². The minimum absolute atomic E-state index is 0.226. The normalized spacial score (nSPS) is 19.8. The van der Waals surface area contributed by atoms with Crippen LogP contribution in [-0.2, 0) is 6.42 Å². The van der Waals surface area contributed by atoms with Gasteiger partial charge in [-0.3, -0.25) is 5.10 Å². The van der Waals surface area contributed by atoms with Crippen LogP contribution in [0.4, 0.5) is 0 Å².